The Balaban J connectivity index is 1.92. The number of ether oxygens (including phenoxy) is 2. The molecular weight excluding hydrogens is 442 g/mol. The molecule has 0 amide bonds. The van der Waals surface area contributed by atoms with Crippen LogP contribution in [0.15, 0.2) is 41.3 Å². The van der Waals surface area contributed by atoms with Gasteiger partial charge >= 0.3 is 12.6 Å². The molecule has 1 aliphatic rings. The maximum atomic E-state index is 14.2. The topological polar surface area (TPSA) is 81.7 Å². The first-order valence-electron chi connectivity index (χ1n) is 8.94. The van der Waals surface area contributed by atoms with Gasteiger partial charge in [-0.1, -0.05) is 6.07 Å². The lowest BCUT2D eigenvalue weighted by Gasteiger charge is -2.21. The van der Waals surface area contributed by atoms with Gasteiger partial charge in [0.2, 0.25) is 10.0 Å². The molecule has 1 atom stereocenters. The molecule has 0 saturated heterocycles. The minimum Gasteiger partial charge on any atom is -0.468 e. The number of nitrogens with one attached hydrogen (secondary N) is 1. The Morgan fingerprint density at radius 1 is 1.10 bits per heavy atom. The highest BCUT2D eigenvalue weighted by atomic mass is 32.2. The Morgan fingerprint density at radius 2 is 1.84 bits per heavy atom. The number of esters is 1. The van der Waals surface area contributed by atoms with Crippen LogP contribution in [0.4, 0.5) is 17.6 Å². The van der Waals surface area contributed by atoms with Gasteiger partial charge in [-0.05, 0) is 60.4 Å². The van der Waals surface area contributed by atoms with Crippen LogP contribution in [0.2, 0.25) is 0 Å². The summed E-state index contributed by atoms with van der Waals surface area (Å²) in [6.07, 6.45) is 1.49. The first-order chi connectivity index (χ1) is 14.6. The summed E-state index contributed by atoms with van der Waals surface area (Å²) in [7, 11) is -3.34. The number of alkyl halides is 2. The van der Waals surface area contributed by atoms with E-state index < -0.39 is 45.8 Å². The molecule has 2 aromatic rings. The molecule has 0 bridgehead atoms. The summed E-state index contributed by atoms with van der Waals surface area (Å²) >= 11 is 0. The Labute approximate surface area is 175 Å². The lowest BCUT2D eigenvalue weighted by atomic mass is 9.97. The quantitative estimate of drug-likeness (QED) is 0.505. The number of fused-ring (bicyclic) bond motifs is 1. The van der Waals surface area contributed by atoms with Crippen molar-refractivity contribution in [2.45, 2.75) is 25.5 Å². The van der Waals surface area contributed by atoms with Crippen LogP contribution in [0, 0.1) is 11.6 Å². The van der Waals surface area contributed by atoms with Gasteiger partial charge in [-0.2, -0.15) is 13.5 Å². The number of halogens is 4. The standard InChI is InChI=1S/C20H17F4NO5S/c1-29-19(26)18(16-10-13(21)4-7-17(16)22)25-31(27,28)15-6-3-11-8-14(30-20(23)24)5-2-12(11)9-15/h2,4-5,7-10,18,20,25H,3,6H2,1H3. The van der Waals surface area contributed by atoms with Crippen molar-refractivity contribution in [3.63, 3.8) is 0 Å². The number of carbonyl (C=O) groups is 1. The first kappa shape index (κ1) is 22.8. The molecule has 3 rings (SSSR count). The first-order valence-corrected chi connectivity index (χ1v) is 10.4. The Bertz CT molecular complexity index is 1130. The fourth-order valence-corrected chi connectivity index (χ4v) is 4.49. The normalized spacial score (nSPS) is 14.6. The number of allylic oxidation sites excluding steroid dienone is 1. The monoisotopic (exact) mass is 459 g/mol. The fraction of sp³-hybridized carbons (Fsp3) is 0.250. The Hall–Kier alpha value is -2.92. The fourth-order valence-electron chi connectivity index (χ4n) is 3.15. The van der Waals surface area contributed by atoms with Gasteiger partial charge in [0.1, 0.15) is 23.4 Å². The minimum absolute atomic E-state index is 0.0139. The Kier molecular flexibility index (Phi) is 6.65. The summed E-state index contributed by atoms with van der Waals surface area (Å²) in [5.41, 5.74) is 0.526. The number of hydrogen-bond donors (Lipinski definition) is 1. The predicted octanol–water partition coefficient (Wildman–Crippen LogP) is 3.69. The van der Waals surface area contributed by atoms with Gasteiger partial charge in [-0.25, -0.2) is 22.0 Å². The highest BCUT2D eigenvalue weighted by molar-refractivity contribution is 7.93. The van der Waals surface area contributed by atoms with Crippen molar-refractivity contribution in [1.29, 1.82) is 0 Å². The van der Waals surface area contributed by atoms with Crippen LogP contribution in [0.3, 0.4) is 0 Å². The van der Waals surface area contributed by atoms with Crippen molar-refractivity contribution in [1.82, 2.24) is 4.72 Å². The number of carbonyl (C=O) groups excluding carboxylic acids is 1. The van der Waals surface area contributed by atoms with Crippen LogP contribution < -0.4 is 9.46 Å². The average molecular weight is 459 g/mol. The van der Waals surface area contributed by atoms with Gasteiger partial charge in [0.05, 0.1) is 12.0 Å². The van der Waals surface area contributed by atoms with Gasteiger partial charge in [0, 0.05) is 5.56 Å². The molecule has 0 heterocycles. The van der Waals surface area contributed by atoms with Gasteiger partial charge < -0.3 is 9.47 Å². The van der Waals surface area contributed by atoms with E-state index in [2.05, 4.69) is 14.2 Å². The van der Waals surface area contributed by atoms with Crippen LogP contribution in [0.1, 0.15) is 29.2 Å². The van der Waals surface area contributed by atoms with Gasteiger partial charge in [-0.15, -0.1) is 0 Å². The van der Waals surface area contributed by atoms with Crippen LogP contribution >= 0.6 is 0 Å². The molecule has 166 valence electrons. The predicted molar refractivity (Wildman–Crippen MR) is 103 cm³/mol. The number of methoxy groups -OCH3 is 1. The van der Waals surface area contributed by atoms with Gasteiger partial charge in [0.25, 0.3) is 0 Å². The number of sulfonamides is 1. The van der Waals surface area contributed by atoms with E-state index in [1.807, 2.05) is 0 Å². The molecule has 1 aliphatic carbocycles. The Morgan fingerprint density at radius 3 is 2.52 bits per heavy atom. The molecule has 0 spiro atoms. The number of benzene rings is 2. The zero-order valence-corrected chi connectivity index (χ0v) is 16.9. The van der Waals surface area contributed by atoms with E-state index >= 15 is 0 Å². The van der Waals surface area contributed by atoms with E-state index in [1.165, 1.54) is 24.3 Å². The molecule has 11 heteroatoms. The second-order valence-corrected chi connectivity index (χ2v) is 8.36. The molecule has 0 aliphatic heterocycles. The smallest absolute Gasteiger partial charge is 0.387 e. The molecule has 1 unspecified atom stereocenters. The third-order valence-electron chi connectivity index (χ3n) is 4.62. The largest absolute Gasteiger partial charge is 0.468 e. The van der Waals surface area contributed by atoms with Gasteiger partial charge in [0.15, 0.2) is 0 Å². The third-order valence-corrected chi connectivity index (χ3v) is 6.18. The SMILES string of the molecule is COC(=O)C(NS(=O)(=O)C1=Cc2ccc(OC(F)F)cc2CC1)c1cc(F)ccc1F. The number of hydrogen-bond acceptors (Lipinski definition) is 5. The third kappa shape index (κ3) is 5.23. The van der Waals surface area contributed by atoms with E-state index in [4.69, 9.17) is 0 Å². The molecule has 6 nitrogen and oxygen atoms in total. The zero-order valence-electron chi connectivity index (χ0n) is 16.1. The van der Waals surface area contributed by atoms with Crippen molar-refractivity contribution in [3.05, 3.63) is 69.6 Å². The molecular formula is C20H17F4NO5S. The summed E-state index contributed by atoms with van der Waals surface area (Å²) < 4.78 is 89.2. The summed E-state index contributed by atoms with van der Waals surface area (Å²) in [5, 5.41) is 0. The average Bonchev–Trinajstić information content (AvgIpc) is 2.72. The number of aryl methyl sites for hydroxylation is 1. The van der Waals surface area contributed by atoms with Crippen LogP contribution in [0.25, 0.3) is 6.08 Å². The summed E-state index contributed by atoms with van der Waals surface area (Å²) in [5.74, 6) is -3.04. The number of rotatable bonds is 7. The highest BCUT2D eigenvalue weighted by Crippen LogP contribution is 2.31. The lowest BCUT2D eigenvalue weighted by molar-refractivity contribution is -0.142. The summed E-state index contributed by atoms with van der Waals surface area (Å²) in [6.45, 7) is -2.99. The van der Waals surface area contributed by atoms with Crippen molar-refractivity contribution in [3.8, 4) is 5.75 Å². The molecule has 0 fully saturated rings. The highest BCUT2D eigenvalue weighted by Gasteiger charge is 2.32. The van der Waals surface area contributed by atoms with E-state index in [0.29, 0.717) is 17.2 Å². The summed E-state index contributed by atoms with van der Waals surface area (Å²) in [4.78, 5) is 12.0. The maximum absolute atomic E-state index is 14.2. The van der Waals surface area contributed by atoms with E-state index in [0.717, 1.165) is 19.2 Å². The second kappa shape index (κ2) is 9.06. The van der Waals surface area contributed by atoms with Crippen molar-refractivity contribution < 1.29 is 40.2 Å². The van der Waals surface area contributed by atoms with Crippen LogP contribution in [-0.4, -0.2) is 28.1 Å². The van der Waals surface area contributed by atoms with E-state index in [9.17, 15) is 30.8 Å². The van der Waals surface area contributed by atoms with Crippen molar-refractivity contribution in [2.24, 2.45) is 0 Å². The van der Waals surface area contributed by atoms with Gasteiger partial charge in [-0.3, -0.25) is 0 Å². The molecule has 31 heavy (non-hydrogen) atoms. The van der Waals surface area contributed by atoms with Crippen LogP contribution in [0.5, 0.6) is 5.75 Å². The minimum atomic E-state index is -4.32. The zero-order chi connectivity index (χ0) is 22.8. The second-order valence-electron chi connectivity index (χ2n) is 6.59. The molecule has 0 saturated carbocycles. The van der Waals surface area contributed by atoms with Crippen molar-refractivity contribution in [2.75, 3.05) is 7.11 Å². The van der Waals surface area contributed by atoms with E-state index in [-0.39, 0.29) is 23.5 Å². The van der Waals surface area contributed by atoms with E-state index in [1.54, 1.807) is 0 Å². The lowest BCUT2D eigenvalue weighted by Crippen LogP contribution is -2.36. The molecule has 1 N–H and O–H groups in total. The molecule has 2 aromatic carbocycles. The summed E-state index contributed by atoms with van der Waals surface area (Å²) in [6, 6.07) is 4.56. The van der Waals surface area contributed by atoms with Crippen LogP contribution in [-0.2, 0) is 26.0 Å². The maximum Gasteiger partial charge on any atom is 0.387 e. The van der Waals surface area contributed by atoms with Crippen molar-refractivity contribution >= 4 is 22.1 Å². The molecule has 0 aromatic heterocycles. The molecule has 0 radical (unpaired) electrons.